The Hall–Kier alpha value is -0.700. The van der Waals surface area contributed by atoms with Crippen LogP contribution in [0.25, 0.3) is 5.03 Å². The van der Waals surface area contributed by atoms with Crippen LogP contribution < -0.4 is 5.73 Å². The van der Waals surface area contributed by atoms with Crippen molar-refractivity contribution < 1.29 is 0 Å². The zero-order valence-corrected chi connectivity index (χ0v) is 11.7. The Labute approximate surface area is 113 Å². The molecule has 1 rings (SSSR count). The monoisotopic (exact) mass is 272 g/mol. The van der Waals surface area contributed by atoms with E-state index in [1.54, 1.807) is 12.1 Å². The molecular weight excluding hydrogens is 255 g/mol. The quantitative estimate of drug-likeness (QED) is 0.826. The summed E-state index contributed by atoms with van der Waals surface area (Å²) >= 11 is 12.3. The molecule has 1 aromatic rings. The molecule has 0 amide bonds. The Kier molecular flexibility index (Phi) is 5.83. The minimum absolute atomic E-state index is 0.589. The Morgan fingerprint density at radius 1 is 1.35 bits per heavy atom. The second-order valence-electron chi connectivity index (χ2n) is 3.78. The molecule has 4 heteroatoms. The van der Waals surface area contributed by atoms with Gasteiger partial charge in [-0.2, -0.15) is 0 Å². The van der Waals surface area contributed by atoms with Crippen LogP contribution >= 0.6 is 23.2 Å². The summed E-state index contributed by atoms with van der Waals surface area (Å²) in [5, 5.41) is 1.26. The van der Waals surface area contributed by atoms with Crippen molar-refractivity contribution in [2.45, 2.75) is 13.8 Å². The molecule has 0 radical (unpaired) electrons. The van der Waals surface area contributed by atoms with Gasteiger partial charge in [-0.25, -0.2) is 0 Å². The number of nitrogens with zero attached hydrogens (tertiary/aromatic N) is 1. The van der Waals surface area contributed by atoms with E-state index in [0.29, 0.717) is 15.7 Å². The van der Waals surface area contributed by atoms with Gasteiger partial charge in [-0.15, -0.1) is 0 Å². The van der Waals surface area contributed by atoms with E-state index in [4.69, 9.17) is 28.9 Å². The number of nitrogens with two attached hydrogens (primary N) is 1. The topological polar surface area (TPSA) is 29.3 Å². The van der Waals surface area contributed by atoms with Gasteiger partial charge >= 0.3 is 0 Å². The first-order chi connectivity index (χ1) is 8.08. The van der Waals surface area contributed by atoms with Gasteiger partial charge < -0.3 is 10.6 Å². The lowest BCUT2D eigenvalue weighted by molar-refractivity contribution is 0.338. The molecule has 0 aliphatic carbocycles. The molecule has 0 aliphatic heterocycles. The van der Waals surface area contributed by atoms with Gasteiger partial charge in [-0.3, -0.25) is 0 Å². The molecule has 0 unspecified atom stereocenters. The van der Waals surface area contributed by atoms with Gasteiger partial charge in [-0.05, 0) is 31.3 Å². The molecule has 94 valence electrons. The number of hydrogen-bond acceptors (Lipinski definition) is 2. The van der Waals surface area contributed by atoms with Crippen LogP contribution in [0.4, 0.5) is 5.69 Å². The van der Waals surface area contributed by atoms with Crippen molar-refractivity contribution in [3.05, 3.63) is 34.9 Å². The smallest absolute Gasteiger partial charge is 0.0513 e. The first-order valence-electron chi connectivity index (χ1n) is 5.71. The first kappa shape index (κ1) is 14.4. The molecule has 0 saturated heterocycles. The molecule has 17 heavy (non-hydrogen) atoms. The maximum absolute atomic E-state index is 6.23. The fourth-order valence-electron chi connectivity index (χ4n) is 1.53. The van der Waals surface area contributed by atoms with Crippen LogP contribution in [0.5, 0.6) is 0 Å². The molecule has 2 N–H and O–H groups in total. The van der Waals surface area contributed by atoms with Gasteiger partial charge in [0.05, 0.1) is 5.02 Å². The van der Waals surface area contributed by atoms with Gasteiger partial charge in [0, 0.05) is 22.8 Å². The van der Waals surface area contributed by atoms with Crippen molar-refractivity contribution in [2.24, 2.45) is 0 Å². The van der Waals surface area contributed by atoms with E-state index in [1.165, 1.54) is 0 Å². The molecular formula is C13H18Cl2N2. The Morgan fingerprint density at radius 3 is 2.53 bits per heavy atom. The Morgan fingerprint density at radius 2 is 2.00 bits per heavy atom. The van der Waals surface area contributed by atoms with E-state index in [2.05, 4.69) is 18.7 Å². The lowest BCUT2D eigenvalue weighted by Gasteiger charge is -2.15. The Balaban J connectivity index is 2.81. The SMILES string of the molecule is CCN(CC)CC=C(Cl)c1ccc(N)cc1Cl. The maximum Gasteiger partial charge on any atom is 0.0513 e. The number of likely N-dealkylation sites (N-methyl/N-ethyl adjacent to an activating group) is 1. The third-order valence-electron chi connectivity index (χ3n) is 2.67. The lowest BCUT2D eigenvalue weighted by atomic mass is 10.2. The average molecular weight is 273 g/mol. The van der Waals surface area contributed by atoms with Crippen LogP contribution in [-0.4, -0.2) is 24.5 Å². The molecule has 0 fully saturated rings. The van der Waals surface area contributed by atoms with Crippen molar-refractivity contribution in [1.29, 1.82) is 0 Å². The van der Waals surface area contributed by atoms with Crippen molar-refractivity contribution in [1.82, 2.24) is 4.90 Å². The summed E-state index contributed by atoms with van der Waals surface area (Å²) < 4.78 is 0. The molecule has 0 aromatic heterocycles. The Bertz CT molecular complexity index is 398. The highest BCUT2D eigenvalue weighted by atomic mass is 35.5. The van der Waals surface area contributed by atoms with Crippen LogP contribution in [0, 0.1) is 0 Å². The van der Waals surface area contributed by atoms with Crippen molar-refractivity contribution in [2.75, 3.05) is 25.4 Å². The molecule has 0 atom stereocenters. The van der Waals surface area contributed by atoms with Crippen LogP contribution in [0.2, 0.25) is 5.02 Å². The second kappa shape index (κ2) is 6.90. The highest BCUT2D eigenvalue weighted by Gasteiger charge is 2.05. The second-order valence-corrected chi connectivity index (χ2v) is 4.59. The number of anilines is 1. The third kappa shape index (κ3) is 4.23. The zero-order chi connectivity index (χ0) is 12.8. The number of rotatable bonds is 5. The van der Waals surface area contributed by atoms with Crippen LogP contribution in [-0.2, 0) is 0 Å². The molecule has 0 heterocycles. The van der Waals surface area contributed by atoms with E-state index < -0.39 is 0 Å². The molecule has 1 aromatic carbocycles. The summed E-state index contributed by atoms with van der Waals surface area (Å²) in [7, 11) is 0. The molecule has 2 nitrogen and oxygen atoms in total. The summed E-state index contributed by atoms with van der Waals surface area (Å²) in [4.78, 5) is 2.27. The highest BCUT2D eigenvalue weighted by molar-refractivity contribution is 6.50. The molecule has 0 spiro atoms. The highest BCUT2D eigenvalue weighted by Crippen LogP contribution is 2.28. The first-order valence-corrected chi connectivity index (χ1v) is 6.47. The van der Waals surface area contributed by atoms with Gasteiger partial charge in [0.2, 0.25) is 0 Å². The lowest BCUT2D eigenvalue weighted by Crippen LogP contribution is -2.22. The van der Waals surface area contributed by atoms with Gasteiger partial charge in [0.25, 0.3) is 0 Å². The zero-order valence-electron chi connectivity index (χ0n) is 10.2. The third-order valence-corrected chi connectivity index (χ3v) is 3.34. The largest absolute Gasteiger partial charge is 0.399 e. The summed E-state index contributed by atoms with van der Waals surface area (Å²) in [6.07, 6.45) is 1.98. The summed E-state index contributed by atoms with van der Waals surface area (Å²) in [5.74, 6) is 0. The average Bonchev–Trinajstić information content (AvgIpc) is 2.30. The number of benzene rings is 1. The predicted molar refractivity (Wildman–Crippen MR) is 77.5 cm³/mol. The normalized spacial score (nSPS) is 12.2. The van der Waals surface area contributed by atoms with E-state index in [1.807, 2.05) is 12.1 Å². The summed E-state index contributed by atoms with van der Waals surface area (Å²) in [6, 6.07) is 5.36. The minimum atomic E-state index is 0.589. The fraction of sp³-hybridized carbons (Fsp3) is 0.385. The van der Waals surface area contributed by atoms with Crippen LogP contribution in [0.15, 0.2) is 24.3 Å². The maximum atomic E-state index is 6.23. The van der Waals surface area contributed by atoms with E-state index in [9.17, 15) is 0 Å². The van der Waals surface area contributed by atoms with Crippen molar-refractivity contribution in [3.8, 4) is 0 Å². The molecule has 0 saturated carbocycles. The standard InChI is InChI=1S/C13H18Cl2N2/c1-3-17(4-2)8-7-12(14)11-6-5-10(16)9-13(11)15/h5-7,9H,3-4,8,16H2,1-2H3. The predicted octanol–water partition coefficient (Wildman–Crippen LogP) is 3.84. The van der Waals surface area contributed by atoms with E-state index in [-0.39, 0.29) is 0 Å². The van der Waals surface area contributed by atoms with Crippen LogP contribution in [0.3, 0.4) is 0 Å². The van der Waals surface area contributed by atoms with E-state index in [0.717, 1.165) is 25.2 Å². The fourth-order valence-corrected chi connectivity index (χ4v) is 2.10. The van der Waals surface area contributed by atoms with Gasteiger partial charge in [0.15, 0.2) is 0 Å². The van der Waals surface area contributed by atoms with Crippen molar-refractivity contribution in [3.63, 3.8) is 0 Å². The van der Waals surface area contributed by atoms with Gasteiger partial charge in [0.1, 0.15) is 0 Å². The van der Waals surface area contributed by atoms with Crippen molar-refractivity contribution >= 4 is 33.9 Å². The van der Waals surface area contributed by atoms with Gasteiger partial charge in [-0.1, -0.05) is 43.1 Å². The summed E-state index contributed by atoms with van der Waals surface area (Å²) in [5.41, 5.74) is 7.11. The summed E-state index contributed by atoms with van der Waals surface area (Å²) in [6.45, 7) is 7.09. The number of halogens is 2. The minimum Gasteiger partial charge on any atom is -0.399 e. The molecule has 0 aliphatic rings. The number of nitrogen functional groups attached to an aromatic ring is 1. The van der Waals surface area contributed by atoms with E-state index >= 15 is 0 Å². The van der Waals surface area contributed by atoms with Crippen LogP contribution in [0.1, 0.15) is 19.4 Å². The number of hydrogen-bond donors (Lipinski definition) is 1. The molecule has 0 bridgehead atoms.